The molecule has 0 spiro atoms. The molecule has 0 bridgehead atoms. The Morgan fingerprint density at radius 2 is 1.18 bits per heavy atom. The number of unbranched alkanes of at least 4 members (excludes halogenated alkanes) is 3. The average molecular weight is 531 g/mol. The van der Waals surface area contributed by atoms with Crippen LogP contribution in [0, 0.1) is 6.92 Å². The van der Waals surface area contributed by atoms with E-state index in [-0.39, 0.29) is 22.2 Å². The Bertz CT molecular complexity index is 878. The normalized spacial score (nSPS) is 22.9. The Balaban J connectivity index is 1.58. The number of rotatable bonds is 11. The van der Waals surface area contributed by atoms with E-state index in [2.05, 4.69) is 93.2 Å². The number of aryl methyl sites for hydroxylation is 1. The standard InChI is InChI=1S/C30H58N8/c1-22-32-25(31-10)34-26(33-22)38(24-20-29(6,7)36-30(8,9)21-24)17-15-13-12-14-16-37(11)23-18-27(2,3)35-28(4,5)19-23/h23-24,35-36H,12-21H2,1-11H3,(H,31,32,33,34). The number of nitrogens with zero attached hydrogens (tertiary/aromatic N) is 5. The molecule has 0 radical (unpaired) electrons. The van der Waals surface area contributed by atoms with Crippen molar-refractivity contribution in [2.45, 2.75) is 148 Å². The van der Waals surface area contributed by atoms with E-state index in [0.29, 0.717) is 18.0 Å². The minimum Gasteiger partial charge on any atom is -0.357 e. The van der Waals surface area contributed by atoms with Crippen LogP contribution in [-0.2, 0) is 0 Å². The van der Waals surface area contributed by atoms with Crippen molar-refractivity contribution in [2.24, 2.45) is 0 Å². The van der Waals surface area contributed by atoms with Crippen LogP contribution < -0.4 is 20.9 Å². The molecule has 1 aromatic heterocycles. The Morgan fingerprint density at radius 1 is 0.711 bits per heavy atom. The largest absolute Gasteiger partial charge is 0.357 e. The van der Waals surface area contributed by atoms with Crippen LogP contribution in [0.1, 0.15) is 113 Å². The molecule has 0 saturated carbocycles. The molecule has 0 amide bonds. The molecule has 8 heteroatoms. The van der Waals surface area contributed by atoms with Crippen molar-refractivity contribution in [1.82, 2.24) is 30.5 Å². The Labute approximate surface area is 233 Å². The zero-order valence-electron chi connectivity index (χ0n) is 26.5. The van der Waals surface area contributed by atoms with Gasteiger partial charge in [-0.25, -0.2) is 0 Å². The average Bonchev–Trinajstić information content (AvgIpc) is 2.73. The highest BCUT2D eigenvalue weighted by molar-refractivity contribution is 5.38. The molecule has 0 aliphatic carbocycles. The molecule has 3 N–H and O–H groups in total. The SMILES string of the molecule is CNc1nc(C)nc(N(CCCCCCN(C)C2CC(C)(C)NC(C)(C)C2)C2CC(C)(C)NC(C)(C)C2)n1. The van der Waals surface area contributed by atoms with Gasteiger partial charge in [0.2, 0.25) is 11.9 Å². The first kappa shape index (κ1) is 31.0. The first-order valence-corrected chi connectivity index (χ1v) is 15.0. The fourth-order valence-corrected chi connectivity index (χ4v) is 7.40. The van der Waals surface area contributed by atoms with Gasteiger partial charge in [-0.05, 0) is 114 Å². The van der Waals surface area contributed by atoms with Crippen LogP contribution in [0.3, 0.4) is 0 Å². The molecule has 3 rings (SSSR count). The van der Waals surface area contributed by atoms with Gasteiger partial charge in [0.15, 0.2) is 0 Å². The number of hydrogen-bond acceptors (Lipinski definition) is 8. The number of aromatic nitrogens is 3. The summed E-state index contributed by atoms with van der Waals surface area (Å²) >= 11 is 0. The van der Waals surface area contributed by atoms with Gasteiger partial charge in [0, 0.05) is 47.8 Å². The highest BCUT2D eigenvalue weighted by Crippen LogP contribution is 2.34. The monoisotopic (exact) mass is 530 g/mol. The van der Waals surface area contributed by atoms with Gasteiger partial charge >= 0.3 is 0 Å². The van der Waals surface area contributed by atoms with E-state index >= 15 is 0 Å². The van der Waals surface area contributed by atoms with Gasteiger partial charge in [-0.1, -0.05) is 12.8 Å². The van der Waals surface area contributed by atoms with Crippen LogP contribution in [0.25, 0.3) is 0 Å². The topological polar surface area (TPSA) is 81.2 Å². The number of hydrogen-bond donors (Lipinski definition) is 3. The second kappa shape index (κ2) is 11.9. The van der Waals surface area contributed by atoms with Crippen molar-refractivity contribution in [1.29, 1.82) is 0 Å². The number of nitrogens with one attached hydrogen (secondary N) is 3. The Kier molecular flexibility index (Phi) is 9.74. The van der Waals surface area contributed by atoms with Crippen molar-refractivity contribution in [3.05, 3.63) is 5.82 Å². The maximum Gasteiger partial charge on any atom is 0.230 e. The van der Waals surface area contributed by atoms with Crippen molar-refractivity contribution in [3.8, 4) is 0 Å². The van der Waals surface area contributed by atoms with Crippen LogP contribution in [0.2, 0.25) is 0 Å². The molecule has 38 heavy (non-hydrogen) atoms. The summed E-state index contributed by atoms with van der Waals surface area (Å²) in [6.07, 6.45) is 9.47. The molecule has 218 valence electrons. The molecule has 2 aliphatic heterocycles. The van der Waals surface area contributed by atoms with Crippen molar-refractivity contribution in [3.63, 3.8) is 0 Å². The minimum absolute atomic E-state index is 0.0704. The van der Waals surface area contributed by atoms with E-state index in [1.165, 1.54) is 38.6 Å². The number of anilines is 2. The summed E-state index contributed by atoms with van der Waals surface area (Å²) in [4.78, 5) is 19.1. The predicted octanol–water partition coefficient (Wildman–Crippen LogP) is 5.14. The lowest BCUT2D eigenvalue weighted by Crippen LogP contribution is -2.62. The molecule has 0 aromatic carbocycles. The summed E-state index contributed by atoms with van der Waals surface area (Å²) in [6, 6.07) is 1.04. The van der Waals surface area contributed by atoms with Gasteiger partial charge in [0.25, 0.3) is 0 Å². The number of piperidine rings is 2. The molecule has 8 nitrogen and oxygen atoms in total. The fraction of sp³-hybridized carbons (Fsp3) is 0.900. The molecule has 0 unspecified atom stereocenters. The third kappa shape index (κ3) is 9.02. The third-order valence-corrected chi connectivity index (χ3v) is 8.28. The molecule has 0 atom stereocenters. The molecule has 2 fully saturated rings. The summed E-state index contributed by atoms with van der Waals surface area (Å²) in [5.74, 6) is 2.23. The summed E-state index contributed by atoms with van der Waals surface area (Å²) < 4.78 is 0. The van der Waals surface area contributed by atoms with Crippen LogP contribution >= 0.6 is 0 Å². The lowest BCUT2D eigenvalue weighted by molar-refractivity contribution is 0.0805. The lowest BCUT2D eigenvalue weighted by atomic mass is 9.79. The molecular formula is C30H58N8. The Hall–Kier alpha value is -1.51. The molecule has 1 aromatic rings. The molecule has 2 saturated heterocycles. The highest BCUT2D eigenvalue weighted by atomic mass is 15.3. The van der Waals surface area contributed by atoms with Crippen molar-refractivity contribution < 1.29 is 0 Å². The van der Waals surface area contributed by atoms with E-state index < -0.39 is 0 Å². The van der Waals surface area contributed by atoms with Crippen LogP contribution in [0.4, 0.5) is 11.9 Å². The summed E-state index contributed by atoms with van der Waals surface area (Å²) in [5, 5.41) is 10.8. The maximum atomic E-state index is 4.80. The molecule has 3 heterocycles. The van der Waals surface area contributed by atoms with Gasteiger partial charge < -0.3 is 25.8 Å². The smallest absolute Gasteiger partial charge is 0.230 e. The molecule has 2 aliphatic rings. The second-order valence-electron chi connectivity index (χ2n) is 14.8. The van der Waals surface area contributed by atoms with Gasteiger partial charge in [0.1, 0.15) is 5.82 Å². The van der Waals surface area contributed by atoms with Crippen LogP contribution in [0.5, 0.6) is 0 Å². The van der Waals surface area contributed by atoms with Crippen molar-refractivity contribution in [2.75, 3.05) is 37.4 Å². The summed E-state index contributed by atoms with van der Waals surface area (Å²) in [5.41, 5.74) is 0.534. The van der Waals surface area contributed by atoms with Gasteiger partial charge in [-0.2, -0.15) is 15.0 Å². The van der Waals surface area contributed by atoms with Crippen LogP contribution in [0.15, 0.2) is 0 Å². The van der Waals surface area contributed by atoms with Crippen LogP contribution in [-0.4, -0.2) is 81.3 Å². The summed E-state index contributed by atoms with van der Waals surface area (Å²) in [6.45, 7) is 22.8. The van der Waals surface area contributed by atoms with E-state index in [9.17, 15) is 0 Å². The van der Waals surface area contributed by atoms with E-state index in [0.717, 1.165) is 37.6 Å². The predicted molar refractivity (Wildman–Crippen MR) is 161 cm³/mol. The zero-order chi connectivity index (χ0) is 28.4. The zero-order valence-corrected chi connectivity index (χ0v) is 26.5. The second-order valence-corrected chi connectivity index (χ2v) is 14.8. The van der Waals surface area contributed by atoms with Crippen molar-refractivity contribution >= 4 is 11.9 Å². The van der Waals surface area contributed by atoms with Gasteiger partial charge in [-0.15, -0.1) is 0 Å². The first-order valence-electron chi connectivity index (χ1n) is 15.0. The van der Waals surface area contributed by atoms with E-state index in [4.69, 9.17) is 9.97 Å². The van der Waals surface area contributed by atoms with E-state index in [1.807, 2.05) is 14.0 Å². The summed E-state index contributed by atoms with van der Waals surface area (Å²) in [7, 11) is 4.20. The quantitative estimate of drug-likeness (QED) is 0.339. The highest BCUT2D eigenvalue weighted by Gasteiger charge is 2.41. The van der Waals surface area contributed by atoms with Gasteiger partial charge in [-0.3, -0.25) is 0 Å². The third-order valence-electron chi connectivity index (χ3n) is 8.28. The van der Waals surface area contributed by atoms with Gasteiger partial charge in [0.05, 0.1) is 0 Å². The fourth-order valence-electron chi connectivity index (χ4n) is 7.40. The van der Waals surface area contributed by atoms with E-state index in [1.54, 1.807) is 0 Å². The minimum atomic E-state index is 0.0704. The molecular weight excluding hydrogens is 472 g/mol. The maximum absolute atomic E-state index is 4.80. The Morgan fingerprint density at radius 3 is 1.68 bits per heavy atom. The lowest BCUT2D eigenvalue weighted by Gasteiger charge is -2.49. The first-order chi connectivity index (χ1) is 17.5.